The molecule has 25 heavy (non-hydrogen) atoms. The number of hydrogen-bond acceptors (Lipinski definition) is 7. The standard InChI is InChI=1S/C18H21NO6/c1-21-10-24-15-5-4-6-16(25-11-22-2)17(15)13-8-7-12(19)9-14(13)18(20)23-3/h4-9H,10-11,19H2,1-3H3. The fraction of sp³-hybridized carbons (Fsp3) is 0.278. The summed E-state index contributed by atoms with van der Waals surface area (Å²) in [4.78, 5) is 12.2. The summed E-state index contributed by atoms with van der Waals surface area (Å²) in [6, 6.07) is 10.2. The van der Waals surface area contributed by atoms with Crippen molar-refractivity contribution < 1.29 is 28.5 Å². The minimum absolute atomic E-state index is 0.0449. The molecule has 0 bridgehead atoms. The van der Waals surface area contributed by atoms with Gasteiger partial charge in [0.05, 0.1) is 18.2 Å². The van der Waals surface area contributed by atoms with E-state index in [-0.39, 0.29) is 13.6 Å². The maximum atomic E-state index is 12.2. The first-order chi connectivity index (χ1) is 12.1. The number of nitrogens with two attached hydrogens (primary N) is 1. The molecule has 2 N–H and O–H groups in total. The van der Waals surface area contributed by atoms with Crippen molar-refractivity contribution in [3.05, 3.63) is 42.0 Å². The summed E-state index contributed by atoms with van der Waals surface area (Å²) in [5.74, 6) is 0.470. The second kappa shape index (κ2) is 8.91. The molecule has 2 rings (SSSR count). The summed E-state index contributed by atoms with van der Waals surface area (Å²) < 4.78 is 26.1. The number of carbonyl (C=O) groups is 1. The van der Waals surface area contributed by atoms with Gasteiger partial charge in [0.1, 0.15) is 11.5 Å². The maximum absolute atomic E-state index is 12.2. The number of nitrogen functional groups attached to an aromatic ring is 1. The molecule has 7 heteroatoms. The van der Waals surface area contributed by atoms with E-state index in [0.717, 1.165) is 0 Å². The number of methoxy groups -OCH3 is 3. The van der Waals surface area contributed by atoms with Crippen LogP contribution in [0.25, 0.3) is 11.1 Å². The van der Waals surface area contributed by atoms with Gasteiger partial charge in [0.15, 0.2) is 13.6 Å². The first-order valence-corrected chi connectivity index (χ1v) is 7.47. The predicted octanol–water partition coefficient (Wildman–Crippen LogP) is 2.69. The zero-order valence-corrected chi connectivity index (χ0v) is 14.4. The van der Waals surface area contributed by atoms with Crippen LogP contribution in [0.1, 0.15) is 10.4 Å². The van der Waals surface area contributed by atoms with Gasteiger partial charge in [-0.15, -0.1) is 0 Å². The normalized spacial score (nSPS) is 10.4. The molecule has 0 atom stereocenters. The molecule has 0 aliphatic heterocycles. The molecule has 2 aromatic carbocycles. The van der Waals surface area contributed by atoms with Gasteiger partial charge in [0.25, 0.3) is 0 Å². The molecule has 0 aromatic heterocycles. The Balaban J connectivity index is 2.64. The Labute approximate surface area is 146 Å². The van der Waals surface area contributed by atoms with E-state index in [1.807, 2.05) is 0 Å². The van der Waals surface area contributed by atoms with Crippen molar-refractivity contribution in [2.75, 3.05) is 40.6 Å². The first-order valence-electron chi connectivity index (χ1n) is 7.47. The van der Waals surface area contributed by atoms with E-state index in [9.17, 15) is 4.79 Å². The van der Waals surface area contributed by atoms with Gasteiger partial charge in [0.2, 0.25) is 0 Å². The third-order valence-electron chi connectivity index (χ3n) is 3.37. The van der Waals surface area contributed by atoms with Crippen LogP contribution in [-0.2, 0) is 14.2 Å². The molecule has 0 fully saturated rings. The molecule has 0 saturated carbocycles. The molecule has 0 radical (unpaired) electrons. The molecular weight excluding hydrogens is 326 g/mol. The van der Waals surface area contributed by atoms with Gasteiger partial charge in [0, 0.05) is 25.5 Å². The molecule has 0 amide bonds. The fourth-order valence-corrected chi connectivity index (χ4v) is 2.32. The number of hydrogen-bond donors (Lipinski definition) is 1. The summed E-state index contributed by atoms with van der Waals surface area (Å²) in [5.41, 5.74) is 7.72. The zero-order valence-electron chi connectivity index (χ0n) is 14.4. The van der Waals surface area contributed by atoms with E-state index in [1.54, 1.807) is 36.4 Å². The van der Waals surface area contributed by atoms with Gasteiger partial charge in [-0.25, -0.2) is 4.79 Å². The molecule has 0 aliphatic carbocycles. The van der Waals surface area contributed by atoms with Crippen molar-refractivity contribution in [1.82, 2.24) is 0 Å². The van der Waals surface area contributed by atoms with Crippen molar-refractivity contribution in [2.45, 2.75) is 0 Å². The van der Waals surface area contributed by atoms with Crippen LogP contribution in [0.4, 0.5) is 5.69 Å². The molecule has 0 unspecified atom stereocenters. The van der Waals surface area contributed by atoms with E-state index in [1.165, 1.54) is 21.3 Å². The molecule has 134 valence electrons. The molecule has 7 nitrogen and oxygen atoms in total. The average molecular weight is 347 g/mol. The Morgan fingerprint density at radius 2 is 1.56 bits per heavy atom. The maximum Gasteiger partial charge on any atom is 0.338 e. The van der Waals surface area contributed by atoms with Crippen LogP contribution >= 0.6 is 0 Å². The Morgan fingerprint density at radius 1 is 0.960 bits per heavy atom. The number of benzene rings is 2. The first kappa shape index (κ1) is 18.6. The van der Waals surface area contributed by atoms with Gasteiger partial charge < -0.3 is 29.4 Å². The second-order valence-electron chi connectivity index (χ2n) is 5.03. The number of carbonyl (C=O) groups excluding carboxylic acids is 1. The minimum Gasteiger partial charge on any atom is -0.467 e. The lowest BCUT2D eigenvalue weighted by Gasteiger charge is -2.18. The van der Waals surface area contributed by atoms with Gasteiger partial charge in [-0.05, 0) is 24.3 Å². The zero-order chi connectivity index (χ0) is 18.2. The monoisotopic (exact) mass is 347 g/mol. The summed E-state index contributed by atoms with van der Waals surface area (Å²) in [7, 11) is 4.35. The lowest BCUT2D eigenvalue weighted by Crippen LogP contribution is -2.08. The topological polar surface area (TPSA) is 89.2 Å². The highest BCUT2D eigenvalue weighted by atomic mass is 16.7. The van der Waals surface area contributed by atoms with Gasteiger partial charge in [-0.1, -0.05) is 12.1 Å². The molecule has 0 saturated heterocycles. The van der Waals surface area contributed by atoms with Crippen molar-refractivity contribution in [1.29, 1.82) is 0 Å². The molecule has 0 heterocycles. The lowest BCUT2D eigenvalue weighted by atomic mass is 9.97. The number of esters is 1. The van der Waals surface area contributed by atoms with E-state index in [4.69, 9.17) is 29.4 Å². The highest BCUT2D eigenvalue weighted by molar-refractivity contribution is 6.00. The van der Waals surface area contributed by atoms with Crippen LogP contribution < -0.4 is 15.2 Å². The summed E-state index contributed by atoms with van der Waals surface area (Å²) in [6.45, 7) is 0.0898. The quantitative estimate of drug-likeness (QED) is 0.446. The molecule has 0 spiro atoms. The van der Waals surface area contributed by atoms with Crippen LogP contribution in [0, 0.1) is 0 Å². The Kier molecular flexibility index (Phi) is 6.62. The predicted molar refractivity (Wildman–Crippen MR) is 92.6 cm³/mol. The van der Waals surface area contributed by atoms with E-state index in [0.29, 0.717) is 33.9 Å². The van der Waals surface area contributed by atoms with Crippen LogP contribution in [0.15, 0.2) is 36.4 Å². The third-order valence-corrected chi connectivity index (χ3v) is 3.37. The smallest absolute Gasteiger partial charge is 0.338 e. The van der Waals surface area contributed by atoms with Crippen LogP contribution in [0.3, 0.4) is 0 Å². The van der Waals surface area contributed by atoms with Crippen LogP contribution in [0.5, 0.6) is 11.5 Å². The number of rotatable bonds is 8. The Morgan fingerprint density at radius 3 is 2.08 bits per heavy atom. The van der Waals surface area contributed by atoms with Gasteiger partial charge >= 0.3 is 5.97 Å². The highest BCUT2D eigenvalue weighted by Gasteiger charge is 2.21. The van der Waals surface area contributed by atoms with Crippen LogP contribution in [0.2, 0.25) is 0 Å². The highest BCUT2D eigenvalue weighted by Crippen LogP contribution is 2.41. The molecule has 2 aromatic rings. The largest absolute Gasteiger partial charge is 0.467 e. The fourth-order valence-electron chi connectivity index (χ4n) is 2.32. The lowest BCUT2D eigenvalue weighted by molar-refractivity contribution is 0.0468. The molecule has 0 aliphatic rings. The third kappa shape index (κ3) is 4.40. The summed E-state index contributed by atoms with van der Waals surface area (Å²) in [5, 5.41) is 0. The summed E-state index contributed by atoms with van der Waals surface area (Å²) in [6.07, 6.45) is 0. The molecular formula is C18H21NO6. The van der Waals surface area contributed by atoms with Crippen LogP contribution in [-0.4, -0.2) is 40.9 Å². The Bertz CT molecular complexity index is 705. The number of anilines is 1. The number of ether oxygens (including phenoxy) is 5. The second-order valence-corrected chi connectivity index (χ2v) is 5.03. The van der Waals surface area contributed by atoms with Gasteiger partial charge in [-0.3, -0.25) is 0 Å². The van der Waals surface area contributed by atoms with Crippen molar-refractivity contribution in [2.24, 2.45) is 0 Å². The van der Waals surface area contributed by atoms with E-state index < -0.39 is 5.97 Å². The van der Waals surface area contributed by atoms with E-state index >= 15 is 0 Å². The SMILES string of the molecule is COCOc1cccc(OCOC)c1-c1ccc(N)cc1C(=O)OC. The van der Waals surface area contributed by atoms with Crippen molar-refractivity contribution in [3.63, 3.8) is 0 Å². The average Bonchev–Trinajstić information content (AvgIpc) is 2.64. The van der Waals surface area contributed by atoms with E-state index in [2.05, 4.69) is 0 Å². The van der Waals surface area contributed by atoms with Gasteiger partial charge in [-0.2, -0.15) is 0 Å². The summed E-state index contributed by atoms with van der Waals surface area (Å²) >= 11 is 0. The van der Waals surface area contributed by atoms with Crippen molar-refractivity contribution in [3.8, 4) is 22.6 Å². The Hall–Kier alpha value is -2.77. The minimum atomic E-state index is -0.512. The van der Waals surface area contributed by atoms with Crippen molar-refractivity contribution >= 4 is 11.7 Å².